The van der Waals surface area contributed by atoms with E-state index in [2.05, 4.69) is 23.1 Å². The van der Waals surface area contributed by atoms with Crippen molar-refractivity contribution in [3.63, 3.8) is 0 Å². The third kappa shape index (κ3) is 2.09. The maximum Gasteiger partial charge on any atom is 0.128 e. The van der Waals surface area contributed by atoms with Crippen molar-refractivity contribution >= 4 is 0 Å². The first-order chi connectivity index (χ1) is 7.81. The summed E-state index contributed by atoms with van der Waals surface area (Å²) in [5.41, 5.74) is 2.15. The molecule has 2 aromatic rings. The van der Waals surface area contributed by atoms with E-state index < -0.39 is 0 Å². The van der Waals surface area contributed by atoms with Crippen molar-refractivity contribution in [3.8, 4) is 6.07 Å². The van der Waals surface area contributed by atoms with Gasteiger partial charge in [0, 0.05) is 24.5 Å². The average Bonchev–Trinajstić information content (AvgIpc) is 2.78. The van der Waals surface area contributed by atoms with Crippen LogP contribution in [-0.2, 0) is 6.54 Å². The highest BCUT2D eigenvalue weighted by Gasteiger charge is 2.10. The van der Waals surface area contributed by atoms with Crippen LogP contribution in [0.4, 0.5) is 0 Å². The van der Waals surface area contributed by atoms with Crippen molar-refractivity contribution in [2.75, 3.05) is 0 Å². The van der Waals surface area contributed by atoms with E-state index in [0.29, 0.717) is 6.54 Å². The van der Waals surface area contributed by atoms with Crippen LogP contribution >= 0.6 is 0 Å². The number of pyridine rings is 1. The van der Waals surface area contributed by atoms with Crippen LogP contribution in [0.15, 0.2) is 36.8 Å². The lowest BCUT2D eigenvalue weighted by atomic mass is 9.99. The SMILES string of the molecule is CC(c1ccncc1)c1ccn(CC#N)n1. The minimum Gasteiger partial charge on any atom is -0.265 e. The summed E-state index contributed by atoms with van der Waals surface area (Å²) in [6.45, 7) is 2.39. The quantitative estimate of drug-likeness (QED) is 0.781. The molecule has 80 valence electrons. The Morgan fingerprint density at radius 1 is 1.38 bits per heavy atom. The summed E-state index contributed by atoms with van der Waals surface area (Å²) in [4.78, 5) is 3.99. The predicted octanol–water partition coefficient (Wildman–Crippen LogP) is 1.95. The molecule has 0 radical (unpaired) electrons. The van der Waals surface area contributed by atoms with Gasteiger partial charge < -0.3 is 0 Å². The molecule has 0 fully saturated rings. The van der Waals surface area contributed by atoms with Gasteiger partial charge in [-0.25, -0.2) is 0 Å². The van der Waals surface area contributed by atoms with Crippen LogP contribution in [0.3, 0.4) is 0 Å². The Morgan fingerprint density at radius 2 is 2.12 bits per heavy atom. The first-order valence-electron chi connectivity index (χ1n) is 5.11. The van der Waals surface area contributed by atoms with Gasteiger partial charge >= 0.3 is 0 Å². The Labute approximate surface area is 94.2 Å². The number of hydrogen-bond donors (Lipinski definition) is 0. The van der Waals surface area contributed by atoms with Gasteiger partial charge in [0.1, 0.15) is 6.54 Å². The van der Waals surface area contributed by atoms with Gasteiger partial charge in [0.15, 0.2) is 0 Å². The van der Waals surface area contributed by atoms with Gasteiger partial charge in [-0.15, -0.1) is 0 Å². The Bertz CT molecular complexity index is 495. The standard InChI is InChI=1S/C12H12N4/c1-10(11-2-6-14-7-3-11)12-4-8-16(15-12)9-5-13/h2-4,6-8,10H,9H2,1H3. The molecule has 0 aromatic carbocycles. The number of nitrogens with zero attached hydrogens (tertiary/aromatic N) is 4. The fourth-order valence-electron chi connectivity index (χ4n) is 1.59. The fourth-order valence-corrected chi connectivity index (χ4v) is 1.59. The van der Waals surface area contributed by atoms with Crippen molar-refractivity contribution in [3.05, 3.63) is 48.0 Å². The zero-order chi connectivity index (χ0) is 11.4. The van der Waals surface area contributed by atoms with Gasteiger partial charge in [-0.3, -0.25) is 9.67 Å². The summed E-state index contributed by atoms with van der Waals surface area (Å²) < 4.78 is 1.65. The highest BCUT2D eigenvalue weighted by molar-refractivity contribution is 5.24. The number of hydrogen-bond acceptors (Lipinski definition) is 3. The number of rotatable bonds is 3. The highest BCUT2D eigenvalue weighted by Crippen LogP contribution is 2.21. The molecule has 0 amide bonds. The van der Waals surface area contributed by atoms with E-state index in [1.807, 2.05) is 24.4 Å². The van der Waals surface area contributed by atoms with Crippen LogP contribution in [0.2, 0.25) is 0 Å². The van der Waals surface area contributed by atoms with Crippen molar-refractivity contribution in [2.24, 2.45) is 0 Å². The molecule has 0 saturated heterocycles. The largest absolute Gasteiger partial charge is 0.265 e. The van der Waals surface area contributed by atoms with Crippen LogP contribution in [0.1, 0.15) is 24.1 Å². The van der Waals surface area contributed by atoms with Gasteiger partial charge in [-0.05, 0) is 23.8 Å². The number of nitriles is 1. The van der Waals surface area contributed by atoms with E-state index in [4.69, 9.17) is 5.26 Å². The van der Waals surface area contributed by atoms with Crippen LogP contribution in [0.25, 0.3) is 0 Å². The molecule has 16 heavy (non-hydrogen) atoms. The van der Waals surface area contributed by atoms with Crippen molar-refractivity contribution in [2.45, 2.75) is 19.4 Å². The summed E-state index contributed by atoms with van der Waals surface area (Å²) in [7, 11) is 0. The van der Waals surface area contributed by atoms with E-state index >= 15 is 0 Å². The molecule has 0 aliphatic heterocycles. The Morgan fingerprint density at radius 3 is 2.81 bits per heavy atom. The molecule has 2 aromatic heterocycles. The van der Waals surface area contributed by atoms with E-state index in [9.17, 15) is 0 Å². The van der Waals surface area contributed by atoms with Gasteiger partial charge in [0.2, 0.25) is 0 Å². The lowest BCUT2D eigenvalue weighted by Gasteiger charge is -2.07. The molecule has 1 unspecified atom stereocenters. The van der Waals surface area contributed by atoms with Crippen molar-refractivity contribution in [1.29, 1.82) is 5.26 Å². The maximum absolute atomic E-state index is 8.57. The van der Waals surface area contributed by atoms with Crippen molar-refractivity contribution in [1.82, 2.24) is 14.8 Å². The molecule has 2 heterocycles. The highest BCUT2D eigenvalue weighted by atomic mass is 15.3. The van der Waals surface area contributed by atoms with Gasteiger partial charge in [-0.1, -0.05) is 6.92 Å². The second-order valence-corrected chi connectivity index (χ2v) is 3.60. The number of aromatic nitrogens is 3. The Hall–Kier alpha value is -2.15. The molecule has 0 N–H and O–H groups in total. The molecular weight excluding hydrogens is 200 g/mol. The third-order valence-electron chi connectivity index (χ3n) is 2.54. The Kier molecular flexibility index (Phi) is 2.97. The minimum atomic E-state index is 0.225. The van der Waals surface area contributed by atoms with E-state index in [-0.39, 0.29) is 5.92 Å². The third-order valence-corrected chi connectivity index (χ3v) is 2.54. The minimum absolute atomic E-state index is 0.225. The second-order valence-electron chi connectivity index (χ2n) is 3.60. The first-order valence-corrected chi connectivity index (χ1v) is 5.11. The summed E-state index contributed by atoms with van der Waals surface area (Å²) in [6.07, 6.45) is 5.38. The molecular formula is C12H12N4. The summed E-state index contributed by atoms with van der Waals surface area (Å²) in [5.74, 6) is 0.225. The molecule has 0 spiro atoms. The van der Waals surface area contributed by atoms with Crippen LogP contribution in [0.5, 0.6) is 0 Å². The Balaban J connectivity index is 2.21. The maximum atomic E-state index is 8.57. The topological polar surface area (TPSA) is 54.5 Å². The zero-order valence-corrected chi connectivity index (χ0v) is 9.04. The molecule has 4 nitrogen and oxygen atoms in total. The first kappa shape index (κ1) is 10.4. The molecule has 2 rings (SSSR count). The van der Waals surface area contributed by atoms with Crippen LogP contribution < -0.4 is 0 Å². The molecule has 1 atom stereocenters. The van der Waals surface area contributed by atoms with Gasteiger partial charge in [0.05, 0.1) is 11.8 Å². The van der Waals surface area contributed by atoms with E-state index in [1.165, 1.54) is 5.56 Å². The summed E-state index contributed by atoms with van der Waals surface area (Å²) >= 11 is 0. The lowest BCUT2D eigenvalue weighted by Crippen LogP contribution is -2.01. The molecule has 4 heteroatoms. The van der Waals surface area contributed by atoms with Crippen LogP contribution in [0, 0.1) is 11.3 Å². The smallest absolute Gasteiger partial charge is 0.128 e. The van der Waals surface area contributed by atoms with Crippen LogP contribution in [-0.4, -0.2) is 14.8 Å². The second kappa shape index (κ2) is 4.58. The summed E-state index contributed by atoms with van der Waals surface area (Å²) in [6, 6.07) is 7.97. The predicted molar refractivity (Wildman–Crippen MR) is 59.6 cm³/mol. The lowest BCUT2D eigenvalue weighted by molar-refractivity contribution is 0.681. The fraction of sp³-hybridized carbons (Fsp3) is 0.250. The van der Waals surface area contributed by atoms with E-state index in [1.54, 1.807) is 17.1 Å². The molecule has 0 bridgehead atoms. The molecule has 0 saturated carbocycles. The van der Waals surface area contributed by atoms with E-state index in [0.717, 1.165) is 5.69 Å². The molecule has 0 aliphatic rings. The summed E-state index contributed by atoms with van der Waals surface area (Å²) in [5, 5.41) is 12.9. The normalized spacial score (nSPS) is 12.0. The zero-order valence-electron chi connectivity index (χ0n) is 9.04. The monoisotopic (exact) mass is 212 g/mol. The van der Waals surface area contributed by atoms with Gasteiger partial charge in [0.25, 0.3) is 0 Å². The van der Waals surface area contributed by atoms with Gasteiger partial charge in [-0.2, -0.15) is 10.4 Å². The molecule has 0 aliphatic carbocycles. The average molecular weight is 212 g/mol. The van der Waals surface area contributed by atoms with Crippen molar-refractivity contribution < 1.29 is 0 Å².